The average molecular weight is 228 g/mol. The second kappa shape index (κ2) is 5.08. The van der Waals surface area contributed by atoms with Gasteiger partial charge in [-0.05, 0) is 24.1 Å². The molecule has 3 N–H and O–H groups in total. The van der Waals surface area contributed by atoms with Crippen molar-refractivity contribution >= 4 is 0 Å². The Kier molecular flexibility index (Phi) is 3.52. The van der Waals surface area contributed by atoms with Crippen LogP contribution in [0.3, 0.4) is 0 Å². The number of benzene rings is 1. The highest BCUT2D eigenvalue weighted by Crippen LogP contribution is 2.24. The van der Waals surface area contributed by atoms with Gasteiger partial charge in [0.2, 0.25) is 0 Å². The molecular formula is C14H16N2O. The molecule has 3 nitrogen and oxygen atoms in total. The lowest BCUT2D eigenvalue weighted by Crippen LogP contribution is -2.20. The summed E-state index contributed by atoms with van der Waals surface area (Å²) in [4.78, 5) is 4.19. The van der Waals surface area contributed by atoms with Crippen LogP contribution in [0.15, 0.2) is 48.7 Å². The van der Waals surface area contributed by atoms with Gasteiger partial charge in [-0.3, -0.25) is 4.98 Å². The zero-order valence-electron chi connectivity index (χ0n) is 9.75. The molecule has 1 heterocycles. The van der Waals surface area contributed by atoms with E-state index in [0.29, 0.717) is 5.69 Å². The summed E-state index contributed by atoms with van der Waals surface area (Å²) in [6.07, 6.45) is 0.953. The van der Waals surface area contributed by atoms with Crippen LogP contribution in [0.1, 0.15) is 29.0 Å². The summed E-state index contributed by atoms with van der Waals surface area (Å²) < 4.78 is 0. The van der Waals surface area contributed by atoms with Gasteiger partial charge in [-0.1, -0.05) is 36.4 Å². The van der Waals surface area contributed by atoms with E-state index >= 15 is 0 Å². The maximum absolute atomic E-state index is 10.1. The minimum absolute atomic E-state index is 0.452. The van der Waals surface area contributed by atoms with Crippen LogP contribution < -0.4 is 5.73 Å². The van der Waals surface area contributed by atoms with Gasteiger partial charge < -0.3 is 10.8 Å². The van der Waals surface area contributed by atoms with Gasteiger partial charge in [-0.25, -0.2) is 0 Å². The van der Waals surface area contributed by atoms with Gasteiger partial charge >= 0.3 is 0 Å². The molecule has 3 heteroatoms. The number of nitrogens with zero attached hydrogens (tertiary/aromatic N) is 1. The molecule has 2 atom stereocenters. The van der Waals surface area contributed by atoms with Crippen LogP contribution in [0.25, 0.3) is 0 Å². The molecule has 17 heavy (non-hydrogen) atoms. The maximum Gasteiger partial charge on any atom is 0.115 e. The normalized spacial score (nSPS) is 14.3. The number of aromatic nitrogens is 1. The second-order valence-electron chi connectivity index (χ2n) is 4.14. The number of pyridine rings is 1. The van der Waals surface area contributed by atoms with E-state index in [1.807, 2.05) is 49.4 Å². The van der Waals surface area contributed by atoms with Crippen LogP contribution in [0.5, 0.6) is 0 Å². The molecule has 0 spiro atoms. The molecule has 0 aliphatic heterocycles. The fourth-order valence-electron chi connectivity index (χ4n) is 1.70. The Hall–Kier alpha value is -1.71. The average Bonchev–Trinajstić information content (AvgIpc) is 2.39. The lowest BCUT2D eigenvalue weighted by molar-refractivity contribution is 0.142. The number of rotatable bonds is 3. The fourth-order valence-corrected chi connectivity index (χ4v) is 1.70. The molecule has 0 amide bonds. The minimum Gasteiger partial charge on any atom is -0.385 e. The molecule has 1 aromatic heterocycles. The van der Waals surface area contributed by atoms with Gasteiger partial charge in [0.15, 0.2) is 0 Å². The van der Waals surface area contributed by atoms with Crippen molar-refractivity contribution in [1.82, 2.24) is 4.98 Å². The molecule has 88 valence electrons. The summed E-state index contributed by atoms with van der Waals surface area (Å²) in [6.45, 7) is 1.96. The molecular weight excluding hydrogens is 212 g/mol. The van der Waals surface area contributed by atoms with Crippen LogP contribution in [-0.2, 0) is 0 Å². The van der Waals surface area contributed by atoms with E-state index in [1.165, 1.54) is 0 Å². The molecule has 0 radical (unpaired) electrons. The molecule has 0 fully saturated rings. The number of hydrogen-bond donors (Lipinski definition) is 2. The summed E-state index contributed by atoms with van der Waals surface area (Å²) in [7, 11) is 0. The molecule has 0 saturated heterocycles. The van der Waals surface area contributed by atoms with Gasteiger partial charge in [0.1, 0.15) is 6.10 Å². The van der Waals surface area contributed by atoms with Crippen molar-refractivity contribution in [3.05, 3.63) is 65.5 Å². The maximum atomic E-state index is 10.1. The molecule has 1 aromatic carbocycles. The van der Waals surface area contributed by atoms with Gasteiger partial charge in [-0.15, -0.1) is 0 Å². The quantitative estimate of drug-likeness (QED) is 0.846. The first-order chi connectivity index (χ1) is 8.18. The summed E-state index contributed by atoms with van der Waals surface area (Å²) >= 11 is 0. The van der Waals surface area contributed by atoms with E-state index in [9.17, 15) is 5.11 Å². The van der Waals surface area contributed by atoms with Gasteiger partial charge in [-0.2, -0.15) is 0 Å². The Balaban J connectivity index is 2.20. The third kappa shape index (κ3) is 2.70. The molecule has 2 unspecified atom stereocenters. The van der Waals surface area contributed by atoms with Gasteiger partial charge in [0, 0.05) is 6.20 Å². The first kappa shape index (κ1) is 11.8. The zero-order chi connectivity index (χ0) is 12.3. The number of aliphatic hydroxyl groups is 1. The second-order valence-corrected chi connectivity index (χ2v) is 4.14. The smallest absolute Gasteiger partial charge is 0.115 e. The predicted molar refractivity (Wildman–Crippen MR) is 67.3 cm³/mol. The van der Waals surface area contributed by atoms with Crippen LogP contribution in [0, 0.1) is 6.92 Å². The van der Waals surface area contributed by atoms with Crippen LogP contribution in [0.4, 0.5) is 0 Å². The third-order valence-corrected chi connectivity index (χ3v) is 2.76. The lowest BCUT2D eigenvalue weighted by Gasteiger charge is -2.18. The highest BCUT2D eigenvalue weighted by atomic mass is 16.3. The summed E-state index contributed by atoms with van der Waals surface area (Å²) in [5, 5.41) is 10.1. The Morgan fingerprint density at radius 1 is 1.12 bits per heavy atom. The van der Waals surface area contributed by atoms with Gasteiger partial charge in [0.25, 0.3) is 0 Å². The first-order valence-corrected chi connectivity index (χ1v) is 5.59. The number of nitrogens with two attached hydrogens (primary N) is 1. The largest absolute Gasteiger partial charge is 0.385 e. The Labute approximate surface area is 101 Å². The van der Waals surface area contributed by atoms with Crippen molar-refractivity contribution in [1.29, 1.82) is 0 Å². The molecule has 0 saturated carbocycles. The highest BCUT2D eigenvalue weighted by molar-refractivity contribution is 5.23. The van der Waals surface area contributed by atoms with E-state index < -0.39 is 12.1 Å². The monoisotopic (exact) mass is 228 g/mol. The number of hydrogen-bond acceptors (Lipinski definition) is 3. The Bertz CT molecular complexity index is 467. The third-order valence-electron chi connectivity index (χ3n) is 2.76. The van der Waals surface area contributed by atoms with E-state index in [-0.39, 0.29) is 0 Å². The summed E-state index contributed by atoms with van der Waals surface area (Å²) in [5.41, 5.74) is 8.59. The molecule has 0 bridgehead atoms. The Morgan fingerprint density at radius 3 is 2.41 bits per heavy atom. The zero-order valence-corrected chi connectivity index (χ0v) is 9.75. The van der Waals surface area contributed by atoms with Crippen molar-refractivity contribution in [3.63, 3.8) is 0 Å². The van der Waals surface area contributed by atoms with Crippen molar-refractivity contribution < 1.29 is 5.11 Å². The van der Waals surface area contributed by atoms with Crippen LogP contribution in [-0.4, -0.2) is 10.1 Å². The van der Waals surface area contributed by atoms with Gasteiger partial charge in [0.05, 0.1) is 11.7 Å². The lowest BCUT2D eigenvalue weighted by atomic mass is 10.00. The first-order valence-electron chi connectivity index (χ1n) is 5.59. The standard InChI is InChI=1S/C14H16N2O/c1-10-7-8-12(16-9-10)14(17)13(15)11-5-3-2-4-6-11/h2-9,13-14,17H,15H2,1H3. The summed E-state index contributed by atoms with van der Waals surface area (Å²) in [5.74, 6) is 0. The number of aliphatic hydroxyl groups excluding tert-OH is 1. The molecule has 2 aromatic rings. The van der Waals surface area contributed by atoms with E-state index in [4.69, 9.17) is 5.73 Å². The minimum atomic E-state index is -0.780. The SMILES string of the molecule is Cc1ccc(C(O)C(N)c2ccccc2)nc1. The van der Waals surface area contributed by atoms with Crippen molar-refractivity contribution in [2.24, 2.45) is 5.73 Å². The van der Waals surface area contributed by atoms with E-state index in [2.05, 4.69) is 4.98 Å². The number of aryl methyl sites for hydroxylation is 1. The predicted octanol–water partition coefficient (Wildman–Crippen LogP) is 2.12. The van der Waals surface area contributed by atoms with Crippen molar-refractivity contribution in [2.75, 3.05) is 0 Å². The van der Waals surface area contributed by atoms with Crippen LogP contribution in [0.2, 0.25) is 0 Å². The molecule has 2 rings (SSSR count). The van der Waals surface area contributed by atoms with Crippen LogP contribution >= 0.6 is 0 Å². The molecule has 0 aliphatic carbocycles. The van der Waals surface area contributed by atoms with Crippen molar-refractivity contribution in [2.45, 2.75) is 19.1 Å². The summed E-state index contributed by atoms with van der Waals surface area (Å²) in [6, 6.07) is 12.8. The molecule has 0 aliphatic rings. The fraction of sp³-hybridized carbons (Fsp3) is 0.214. The van der Waals surface area contributed by atoms with Crippen molar-refractivity contribution in [3.8, 4) is 0 Å². The van der Waals surface area contributed by atoms with E-state index in [1.54, 1.807) is 6.20 Å². The Morgan fingerprint density at radius 2 is 1.82 bits per heavy atom. The van der Waals surface area contributed by atoms with E-state index in [0.717, 1.165) is 11.1 Å². The highest BCUT2D eigenvalue weighted by Gasteiger charge is 2.19. The topological polar surface area (TPSA) is 59.1 Å².